The Kier molecular flexibility index (Phi) is 5.82. The van der Waals surface area contributed by atoms with Crippen LogP contribution < -0.4 is 4.90 Å². The standard InChI is InChI=1S/C13H19N3O5S2/c1-20-12(17)11(23(3,18)19)9-8-10(15-13(14-9)22-2)16-4-6-21-7-5-16/h8,11H,4-7H2,1-3H3. The quantitative estimate of drug-likeness (QED) is 0.416. The summed E-state index contributed by atoms with van der Waals surface area (Å²) in [6.45, 7) is 2.43. The van der Waals surface area contributed by atoms with Gasteiger partial charge in [0.2, 0.25) is 0 Å². The lowest BCUT2D eigenvalue weighted by Gasteiger charge is -2.28. The summed E-state index contributed by atoms with van der Waals surface area (Å²) in [5.41, 5.74) is 0.125. The van der Waals surface area contributed by atoms with Crippen LogP contribution in [0.1, 0.15) is 10.9 Å². The molecule has 1 aromatic rings. The van der Waals surface area contributed by atoms with Crippen molar-refractivity contribution in [1.82, 2.24) is 9.97 Å². The molecule has 1 fully saturated rings. The molecule has 1 atom stereocenters. The van der Waals surface area contributed by atoms with Gasteiger partial charge in [-0.25, -0.2) is 18.4 Å². The lowest BCUT2D eigenvalue weighted by molar-refractivity contribution is -0.140. The van der Waals surface area contributed by atoms with Crippen LogP contribution >= 0.6 is 11.8 Å². The van der Waals surface area contributed by atoms with Crippen molar-refractivity contribution in [2.45, 2.75) is 10.4 Å². The Bertz CT molecular complexity index is 674. The van der Waals surface area contributed by atoms with Gasteiger partial charge in [0, 0.05) is 25.4 Å². The maximum Gasteiger partial charge on any atom is 0.330 e. The van der Waals surface area contributed by atoms with Gasteiger partial charge in [0.05, 0.1) is 26.0 Å². The van der Waals surface area contributed by atoms with Gasteiger partial charge in [-0.15, -0.1) is 0 Å². The van der Waals surface area contributed by atoms with Gasteiger partial charge in [-0.2, -0.15) is 0 Å². The topological polar surface area (TPSA) is 98.7 Å². The Balaban J connectivity index is 2.49. The fourth-order valence-electron chi connectivity index (χ4n) is 2.23. The van der Waals surface area contributed by atoms with Crippen LogP contribution in [-0.2, 0) is 24.1 Å². The summed E-state index contributed by atoms with van der Waals surface area (Å²) in [5, 5.41) is -1.05. The first-order chi connectivity index (χ1) is 10.9. The maximum absolute atomic E-state index is 12.0. The normalized spacial score (nSPS) is 16.9. The number of methoxy groups -OCH3 is 1. The number of rotatable bonds is 5. The molecule has 23 heavy (non-hydrogen) atoms. The molecule has 1 unspecified atom stereocenters. The smallest absolute Gasteiger partial charge is 0.330 e. The van der Waals surface area contributed by atoms with Gasteiger partial charge in [-0.05, 0) is 6.26 Å². The first-order valence-corrected chi connectivity index (χ1v) is 10.1. The second-order valence-corrected chi connectivity index (χ2v) is 7.87. The largest absolute Gasteiger partial charge is 0.468 e. The number of esters is 1. The fraction of sp³-hybridized carbons (Fsp3) is 0.615. The molecule has 0 radical (unpaired) electrons. The molecule has 0 bridgehead atoms. The van der Waals surface area contributed by atoms with E-state index in [1.54, 1.807) is 6.26 Å². The molecule has 0 aromatic carbocycles. The molecule has 0 aliphatic carbocycles. The van der Waals surface area contributed by atoms with Crippen LogP contribution in [0.3, 0.4) is 0 Å². The molecular weight excluding hydrogens is 342 g/mol. The molecule has 1 aliphatic rings. The molecule has 1 saturated heterocycles. The molecule has 1 aliphatic heterocycles. The van der Waals surface area contributed by atoms with E-state index in [4.69, 9.17) is 4.74 Å². The summed E-state index contributed by atoms with van der Waals surface area (Å²) >= 11 is 1.28. The average Bonchev–Trinajstić information content (AvgIpc) is 2.54. The number of sulfone groups is 1. The van der Waals surface area contributed by atoms with Gasteiger partial charge in [-0.3, -0.25) is 4.79 Å². The zero-order valence-electron chi connectivity index (χ0n) is 13.2. The van der Waals surface area contributed by atoms with Crippen LogP contribution in [0.4, 0.5) is 5.82 Å². The minimum Gasteiger partial charge on any atom is -0.468 e. The third-order valence-electron chi connectivity index (χ3n) is 3.34. The summed E-state index contributed by atoms with van der Waals surface area (Å²) < 4.78 is 34.0. The first kappa shape index (κ1) is 18.0. The van der Waals surface area contributed by atoms with Crippen molar-refractivity contribution in [3.8, 4) is 0 Å². The van der Waals surface area contributed by atoms with Crippen LogP contribution in [0.25, 0.3) is 0 Å². The Labute approximate surface area is 139 Å². The van der Waals surface area contributed by atoms with E-state index >= 15 is 0 Å². The predicted octanol–water partition coefficient (Wildman–Crippen LogP) is 0.294. The zero-order valence-corrected chi connectivity index (χ0v) is 14.8. The molecular formula is C13H19N3O5S2. The SMILES string of the molecule is COC(=O)C(c1cc(N2CCOCC2)nc(SC)n1)S(C)(=O)=O. The molecule has 2 heterocycles. The third-order valence-corrected chi connectivity index (χ3v) is 5.18. The molecule has 8 nitrogen and oxygen atoms in total. The Morgan fingerprint density at radius 2 is 2.04 bits per heavy atom. The first-order valence-electron chi connectivity index (χ1n) is 6.89. The number of carbonyl (C=O) groups is 1. The van der Waals surface area contributed by atoms with Crippen molar-refractivity contribution in [2.24, 2.45) is 0 Å². The molecule has 0 saturated carbocycles. The molecule has 2 rings (SSSR count). The monoisotopic (exact) mass is 361 g/mol. The Morgan fingerprint density at radius 1 is 1.39 bits per heavy atom. The van der Waals surface area contributed by atoms with Gasteiger partial charge in [0.25, 0.3) is 0 Å². The molecule has 0 N–H and O–H groups in total. The van der Waals surface area contributed by atoms with E-state index in [0.29, 0.717) is 37.3 Å². The minimum absolute atomic E-state index is 0.125. The predicted molar refractivity (Wildman–Crippen MR) is 86.4 cm³/mol. The second kappa shape index (κ2) is 7.45. The molecule has 1 aromatic heterocycles. The number of morpholine rings is 1. The van der Waals surface area contributed by atoms with Crippen molar-refractivity contribution in [3.63, 3.8) is 0 Å². The number of aromatic nitrogens is 2. The number of hydrogen-bond acceptors (Lipinski definition) is 9. The second-order valence-electron chi connectivity index (χ2n) is 4.97. The summed E-state index contributed by atoms with van der Waals surface area (Å²) in [6.07, 6.45) is 2.78. The number of hydrogen-bond donors (Lipinski definition) is 0. The van der Waals surface area contributed by atoms with Crippen molar-refractivity contribution in [1.29, 1.82) is 0 Å². The van der Waals surface area contributed by atoms with Crippen LogP contribution in [0.15, 0.2) is 11.2 Å². The van der Waals surface area contributed by atoms with Crippen molar-refractivity contribution in [3.05, 3.63) is 11.8 Å². The van der Waals surface area contributed by atoms with E-state index in [-0.39, 0.29) is 5.69 Å². The highest BCUT2D eigenvalue weighted by atomic mass is 32.2. The van der Waals surface area contributed by atoms with Gasteiger partial charge in [-0.1, -0.05) is 11.8 Å². The number of ether oxygens (including phenoxy) is 2. The minimum atomic E-state index is -3.72. The van der Waals surface area contributed by atoms with E-state index in [1.807, 2.05) is 4.90 Å². The average molecular weight is 361 g/mol. The lowest BCUT2D eigenvalue weighted by atomic mass is 10.2. The van der Waals surface area contributed by atoms with Gasteiger partial charge >= 0.3 is 5.97 Å². The molecule has 10 heteroatoms. The van der Waals surface area contributed by atoms with E-state index < -0.39 is 21.1 Å². The highest BCUT2D eigenvalue weighted by molar-refractivity contribution is 7.98. The highest BCUT2D eigenvalue weighted by Gasteiger charge is 2.34. The maximum atomic E-state index is 12.0. The number of carbonyl (C=O) groups excluding carboxylic acids is 1. The van der Waals surface area contributed by atoms with Gasteiger partial charge < -0.3 is 14.4 Å². The molecule has 0 amide bonds. The summed E-state index contributed by atoms with van der Waals surface area (Å²) in [6, 6.07) is 1.54. The van der Waals surface area contributed by atoms with E-state index in [2.05, 4.69) is 14.7 Å². The van der Waals surface area contributed by atoms with Crippen LogP contribution in [0.5, 0.6) is 0 Å². The van der Waals surface area contributed by atoms with Gasteiger partial charge in [0.15, 0.2) is 20.2 Å². The summed E-state index contributed by atoms with van der Waals surface area (Å²) in [7, 11) is -2.57. The highest BCUT2D eigenvalue weighted by Crippen LogP contribution is 2.27. The van der Waals surface area contributed by atoms with Crippen LogP contribution in [0, 0.1) is 0 Å². The van der Waals surface area contributed by atoms with Crippen molar-refractivity contribution < 1.29 is 22.7 Å². The van der Waals surface area contributed by atoms with Crippen LogP contribution in [-0.4, -0.2) is 70.3 Å². The van der Waals surface area contributed by atoms with Crippen molar-refractivity contribution in [2.75, 3.05) is 50.8 Å². The third kappa shape index (κ3) is 4.33. The Morgan fingerprint density at radius 3 is 2.57 bits per heavy atom. The van der Waals surface area contributed by atoms with E-state index in [9.17, 15) is 13.2 Å². The zero-order chi connectivity index (χ0) is 17.0. The van der Waals surface area contributed by atoms with Gasteiger partial charge in [0.1, 0.15) is 5.82 Å². The number of nitrogens with zero attached hydrogens (tertiary/aromatic N) is 3. The number of anilines is 1. The summed E-state index contributed by atoms with van der Waals surface area (Å²) in [4.78, 5) is 22.5. The molecule has 128 valence electrons. The van der Waals surface area contributed by atoms with E-state index in [1.165, 1.54) is 17.8 Å². The number of thioether (sulfide) groups is 1. The summed E-state index contributed by atoms with van der Waals surface area (Å²) in [5.74, 6) is -0.272. The Hall–Kier alpha value is -1.39. The van der Waals surface area contributed by atoms with Crippen molar-refractivity contribution >= 4 is 33.4 Å². The van der Waals surface area contributed by atoms with Crippen LogP contribution in [0.2, 0.25) is 0 Å². The lowest BCUT2D eigenvalue weighted by Crippen LogP contribution is -2.37. The van der Waals surface area contributed by atoms with E-state index in [0.717, 1.165) is 13.4 Å². The molecule has 0 spiro atoms. The fourth-order valence-corrected chi connectivity index (χ4v) is 3.62.